The first-order chi connectivity index (χ1) is 5.54. The predicted octanol–water partition coefficient (Wildman–Crippen LogP) is -4.14. The summed E-state index contributed by atoms with van der Waals surface area (Å²) in [6.07, 6.45) is -5.22. The van der Waals surface area contributed by atoms with Crippen LogP contribution in [0.4, 0.5) is 0 Å². The molecular formula is C6H12BCaO6. The second kappa shape index (κ2) is 10.3. The van der Waals surface area contributed by atoms with Crippen LogP contribution >= 0.6 is 0 Å². The van der Waals surface area contributed by atoms with Crippen molar-refractivity contribution in [2.45, 2.75) is 18.3 Å². The van der Waals surface area contributed by atoms with Gasteiger partial charge in [0.05, 0.1) is 6.61 Å². The van der Waals surface area contributed by atoms with Crippen molar-refractivity contribution < 1.29 is 30.3 Å². The Hall–Kier alpha value is 0.795. The molecule has 0 aromatic rings. The Balaban J connectivity index is -0.000000605. The van der Waals surface area contributed by atoms with E-state index in [4.69, 9.17) is 25.5 Å². The fourth-order valence-electron chi connectivity index (χ4n) is 0.602. The van der Waals surface area contributed by atoms with Gasteiger partial charge in [0.15, 0.2) is 5.78 Å². The molecule has 5 N–H and O–H groups in total. The summed E-state index contributed by atoms with van der Waals surface area (Å²) >= 11 is 0. The topological polar surface area (TPSA) is 118 Å². The van der Waals surface area contributed by atoms with Gasteiger partial charge in [0.1, 0.15) is 24.9 Å². The van der Waals surface area contributed by atoms with Gasteiger partial charge in [-0.2, -0.15) is 0 Å². The maximum Gasteiger partial charge on any atom is 0.189 e. The summed E-state index contributed by atoms with van der Waals surface area (Å²) in [6, 6.07) is 0. The maximum absolute atomic E-state index is 10.5. The first-order valence-electron chi connectivity index (χ1n) is 3.33. The van der Waals surface area contributed by atoms with E-state index < -0.39 is 37.3 Å². The Bertz CT molecular complexity index is 157. The minimum atomic E-state index is -1.86. The quantitative estimate of drug-likeness (QED) is 0.306. The van der Waals surface area contributed by atoms with Crippen LogP contribution in [0.2, 0.25) is 0 Å². The summed E-state index contributed by atoms with van der Waals surface area (Å²) in [5.41, 5.74) is 0. The molecule has 0 saturated carbocycles. The summed E-state index contributed by atoms with van der Waals surface area (Å²) in [7, 11) is 0. The average molecular weight is 231 g/mol. The molecule has 0 aliphatic heterocycles. The second-order valence-electron chi connectivity index (χ2n) is 2.31. The molecule has 14 heavy (non-hydrogen) atoms. The molecule has 0 saturated heterocycles. The molecule has 0 aliphatic carbocycles. The Morgan fingerprint density at radius 2 is 1.57 bits per heavy atom. The van der Waals surface area contributed by atoms with E-state index in [1.54, 1.807) is 0 Å². The van der Waals surface area contributed by atoms with Crippen molar-refractivity contribution in [2.75, 3.05) is 13.2 Å². The number of hydrogen-bond donors (Lipinski definition) is 5. The molecule has 0 aliphatic rings. The summed E-state index contributed by atoms with van der Waals surface area (Å²) in [5, 5.41) is 43.1. The molecule has 0 amide bonds. The van der Waals surface area contributed by atoms with Crippen LogP contribution in [0.15, 0.2) is 0 Å². The molecule has 0 fully saturated rings. The van der Waals surface area contributed by atoms with Crippen molar-refractivity contribution in [3.05, 3.63) is 0 Å². The van der Waals surface area contributed by atoms with Gasteiger partial charge in [0.25, 0.3) is 0 Å². The van der Waals surface area contributed by atoms with Gasteiger partial charge >= 0.3 is 0 Å². The molecule has 0 bridgehead atoms. The third-order valence-electron chi connectivity index (χ3n) is 1.39. The van der Waals surface area contributed by atoms with Crippen LogP contribution in [0.3, 0.4) is 0 Å². The van der Waals surface area contributed by atoms with E-state index in [0.29, 0.717) is 0 Å². The van der Waals surface area contributed by atoms with Crippen LogP contribution in [0.1, 0.15) is 0 Å². The molecule has 0 heterocycles. The molecule has 3 atom stereocenters. The largest absolute Gasteiger partial charge is 0.394 e. The average Bonchev–Trinajstić information content (AvgIpc) is 2.12. The van der Waals surface area contributed by atoms with Crippen LogP contribution in [-0.2, 0) is 4.79 Å². The first-order valence-corrected chi connectivity index (χ1v) is 3.33. The number of ketones is 1. The van der Waals surface area contributed by atoms with Gasteiger partial charge in [-0.3, -0.25) is 4.79 Å². The van der Waals surface area contributed by atoms with E-state index in [-0.39, 0.29) is 46.2 Å². The van der Waals surface area contributed by atoms with Gasteiger partial charge in [0.2, 0.25) is 0 Å². The minimum absolute atomic E-state index is 0. The summed E-state index contributed by atoms with van der Waals surface area (Å²) in [5.74, 6) is -1.00. The zero-order valence-electron chi connectivity index (χ0n) is 7.58. The Morgan fingerprint density at radius 3 is 1.86 bits per heavy atom. The van der Waals surface area contributed by atoms with Crippen molar-refractivity contribution in [3.63, 3.8) is 0 Å². The zero-order valence-corrected chi connectivity index (χ0v) is 9.78. The molecular weight excluding hydrogens is 219 g/mol. The Labute approximate surface area is 113 Å². The zero-order chi connectivity index (χ0) is 9.72. The van der Waals surface area contributed by atoms with Crippen LogP contribution < -0.4 is 0 Å². The van der Waals surface area contributed by atoms with Crippen molar-refractivity contribution in [1.82, 2.24) is 0 Å². The fraction of sp³-hybridized carbons (Fsp3) is 0.833. The molecule has 77 valence electrons. The van der Waals surface area contributed by atoms with Crippen LogP contribution in [0, 0.1) is 0 Å². The maximum atomic E-state index is 10.5. The van der Waals surface area contributed by atoms with E-state index in [1.807, 2.05) is 0 Å². The molecule has 0 aromatic heterocycles. The molecule has 6 nitrogen and oxygen atoms in total. The number of aliphatic hydroxyl groups is 5. The number of aliphatic hydroxyl groups excluding tert-OH is 5. The van der Waals surface area contributed by atoms with Crippen molar-refractivity contribution in [1.29, 1.82) is 0 Å². The van der Waals surface area contributed by atoms with Gasteiger partial charge in [-0.15, -0.1) is 0 Å². The summed E-state index contributed by atoms with van der Waals surface area (Å²) in [6.45, 7) is -1.69. The van der Waals surface area contributed by atoms with Crippen LogP contribution in [0.25, 0.3) is 0 Å². The molecule has 5 radical (unpaired) electrons. The van der Waals surface area contributed by atoms with Crippen molar-refractivity contribution in [3.8, 4) is 0 Å². The van der Waals surface area contributed by atoms with Gasteiger partial charge in [-0.05, 0) is 0 Å². The van der Waals surface area contributed by atoms with Crippen LogP contribution in [0.5, 0.6) is 0 Å². The second-order valence-corrected chi connectivity index (χ2v) is 2.31. The van der Waals surface area contributed by atoms with Crippen molar-refractivity contribution in [2.24, 2.45) is 0 Å². The minimum Gasteiger partial charge on any atom is -0.394 e. The number of carbonyl (C=O) groups excluding carboxylic acids is 1. The van der Waals surface area contributed by atoms with E-state index in [0.717, 1.165) is 0 Å². The van der Waals surface area contributed by atoms with E-state index >= 15 is 0 Å². The van der Waals surface area contributed by atoms with E-state index in [2.05, 4.69) is 0 Å². The molecule has 0 aromatic carbocycles. The fourth-order valence-corrected chi connectivity index (χ4v) is 0.602. The normalized spacial score (nSPS) is 15.8. The van der Waals surface area contributed by atoms with Gasteiger partial charge < -0.3 is 25.5 Å². The molecule has 0 unspecified atom stereocenters. The van der Waals surface area contributed by atoms with Gasteiger partial charge in [-0.25, -0.2) is 0 Å². The first kappa shape index (κ1) is 20.2. The van der Waals surface area contributed by atoms with Gasteiger partial charge in [-0.1, -0.05) is 0 Å². The number of Topliss-reactive ketones (excluding diaryl/α,β-unsaturated/α-hetero) is 1. The smallest absolute Gasteiger partial charge is 0.189 e. The van der Waals surface area contributed by atoms with E-state index in [1.165, 1.54) is 0 Å². The van der Waals surface area contributed by atoms with E-state index in [9.17, 15) is 4.79 Å². The predicted molar refractivity (Wildman–Crippen MR) is 48.7 cm³/mol. The van der Waals surface area contributed by atoms with Gasteiger partial charge in [0, 0.05) is 46.2 Å². The number of hydrogen-bond acceptors (Lipinski definition) is 6. The molecule has 0 spiro atoms. The van der Waals surface area contributed by atoms with Crippen molar-refractivity contribution >= 4 is 51.9 Å². The Kier molecular flexibility index (Phi) is 14.9. The summed E-state index contributed by atoms with van der Waals surface area (Å²) < 4.78 is 0. The summed E-state index contributed by atoms with van der Waals surface area (Å²) in [4.78, 5) is 10.5. The Morgan fingerprint density at radius 1 is 1.14 bits per heavy atom. The van der Waals surface area contributed by atoms with Crippen LogP contribution in [-0.4, -0.2) is 109 Å². The third kappa shape index (κ3) is 6.31. The number of carbonyl (C=O) groups is 1. The monoisotopic (exact) mass is 231 g/mol. The molecule has 8 heteroatoms. The SMILES string of the molecule is O=C(CO)[C@@H](O)[C@H](O)[C@H](O)CO.[B].[Ca]. The standard InChI is InChI=1S/C6H12O6.B.Ca/c7-1-3(9)5(11)6(12)4(10)2-8;;/h3,5-9,11-12H,1-2H2;;/t3-,5-,6-;;/m1../s1. The molecule has 0 rings (SSSR count). The third-order valence-corrected chi connectivity index (χ3v) is 1.39. The number of rotatable bonds is 5.